The molecule has 0 aliphatic heterocycles. The Morgan fingerprint density at radius 1 is 0.750 bits per heavy atom. The number of aromatic hydroxyl groups is 1. The maximum atomic E-state index is 11.3. The Morgan fingerprint density at radius 2 is 1.17 bits per heavy atom. The van der Waals surface area contributed by atoms with Crippen molar-refractivity contribution in [2.75, 3.05) is 0 Å². The third kappa shape index (κ3) is 7.22. The number of aliphatic hydroxyl groups is 1. The minimum atomic E-state index is -0.992. The molecule has 202 valence electrons. The zero-order valence-electron chi connectivity index (χ0n) is 24.1. The molecular formula is C30H46O6. The van der Waals surface area contributed by atoms with Crippen molar-refractivity contribution in [1.82, 2.24) is 0 Å². The van der Waals surface area contributed by atoms with Gasteiger partial charge in [0.15, 0.2) is 0 Å². The predicted molar refractivity (Wildman–Crippen MR) is 145 cm³/mol. The van der Waals surface area contributed by atoms with E-state index in [1.54, 1.807) is 24.3 Å². The number of aliphatic carboxylic acids is 1. The Hall–Kier alpha value is -2.60. The second-order valence-electron chi connectivity index (χ2n) is 13.9. The molecule has 0 radical (unpaired) electrons. The Morgan fingerprint density at radius 3 is 1.44 bits per heavy atom. The number of carboxylic acid groups (broad SMARTS) is 2. The molecule has 4 N–H and O–H groups in total. The fraction of sp³-hybridized carbons (Fsp3) is 0.600. The van der Waals surface area contributed by atoms with Gasteiger partial charge >= 0.3 is 11.9 Å². The van der Waals surface area contributed by atoms with Gasteiger partial charge in [0.25, 0.3) is 0 Å². The minimum absolute atomic E-state index is 0.208. The predicted octanol–water partition coefficient (Wildman–Crippen LogP) is 6.84. The molecule has 1 aromatic carbocycles. The lowest BCUT2D eigenvalue weighted by molar-refractivity contribution is -0.132. The highest BCUT2D eigenvalue weighted by Gasteiger charge is 2.43. The lowest BCUT2D eigenvalue weighted by Crippen LogP contribution is -2.44. The first-order valence-electron chi connectivity index (χ1n) is 12.3. The zero-order chi connectivity index (χ0) is 28.7. The van der Waals surface area contributed by atoms with E-state index in [4.69, 9.17) is 0 Å². The highest BCUT2D eigenvalue weighted by molar-refractivity contribution is 5.91. The first kappa shape index (κ1) is 31.4. The SMILES string of the molecule is CC(C)(C)C1=C(C(=O)O)C=CC(O)(C(C)(C)C)C1.CC(C)(C)c1cc(C(=O)O)cc(C(C)(C)C)c1O. The number of carboxylic acids is 2. The molecule has 1 unspecified atom stereocenters. The van der Waals surface area contributed by atoms with Crippen molar-refractivity contribution >= 4 is 11.9 Å². The molecule has 6 heteroatoms. The summed E-state index contributed by atoms with van der Waals surface area (Å²) in [6.45, 7) is 23.6. The molecule has 1 aliphatic rings. The van der Waals surface area contributed by atoms with E-state index in [9.17, 15) is 30.0 Å². The van der Waals surface area contributed by atoms with E-state index in [0.717, 1.165) is 5.57 Å². The number of phenolic OH excluding ortho intramolecular Hbond substituents is 1. The molecule has 6 nitrogen and oxygen atoms in total. The van der Waals surface area contributed by atoms with Gasteiger partial charge in [-0.15, -0.1) is 0 Å². The van der Waals surface area contributed by atoms with Gasteiger partial charge in [-0.25, -0.2) is 9.59 Å². The largest absolute Gasteiger partial charge is 0.507 e. The standard InChI is InChI=1S/C15H22O3.C15H24O3/c1-14(2,3)10-7-9(13(17)18)8-11(12(10)16)15(4,5)6;1-13(2,3)11-9-15(18,14(4,5)6)8-7-10(11)12(16)17/h7-8,16H,1-6H3,(H,17,18);7-8,18H,9H2,1-6H3,(H,16,17). The van der Waals surface area contributed by atoms with Gasteiger partial charge in [-0.3, -0.25) is 0 Å². The van der Waals surface area contributed by atoms with Crippen LogP contribution in [0.3, 0.4) is 0 Å². The molecule has 2 rings (SSSR count). The van der Waals surface area contributed by atoms with Crippen LogP contribution in [0.5, 0.6) is 5.75 Å². The number of carbonyl (C=O) groups is 2. The quantitative estimate of drug-likeness (QED) is 0.352. The van der Waals surface area contributed by atoms with Crippen LogP contribution in [0, 0.1) is 10.8 Å². The van der Waals surface area contributed by atoms with Gasteiger partial charge < -0.3 is 20.4 Å². The summed E-state index contributed by atoms with van der Waals surface area (Å²) in [5.41, 5.74) is 0.509. The normalized spacial score (nSPS) is 19.0. The Labute approximate surface area is 216 Å². The summed E-state index contributed by atoms with van der Waals surface area (Å²) in [5, 5.41) is 39.5. The van der Waals surface area contributed by atoms with Gasteiger partial charge in [-0.2, -0.15) is 0 Å². The van der Waals surface area contributed by atoms with E-state index in [0.29, 0.717) is 23.1 Å². The smallest absolute Gasteiger partial charge is 0.335 e. The van der Waals surface area contributed by atoms with Crippen LogP contribution in [-0.2, 0) is 15.6 Å². The van der Waals surface area contributed by atoms with E-state index in [1.165, 1.54) is 0 Å². The first-order valence-corrected chi connectivity index (χ1v) is 12.3. The molecule has 0 heterocycles. The first-order chi connectivity index (χ1) is 15.8. The average molecular weight is 503 g/mol. The van der Waals surface area contributed by atoms with Crippen molar-refractivity contribution in [1.29, 1.82) is 0 Å². The number of hydrogen-bond donors (Lipinski definition) is 4. The van der Waals surface area contributed by atoms with Gasteiger partial charge in [0.05, 0.1) is 16.7 Å². The van der Waals surface area contributed by atoms with Crippen molar-refractivity contribution in [3.63, 3.8) is 0 Å². The zero-order valence-corrected chi connectivity index (χ0v) is 24.1. The van der Waals surface area contributed by atoms with Crippen molar-refractivity contribution in [3.05, 3.63) is 52.1 Å². The fourth-order valence-corrected chi connectivity index (χ4v) is 4.03. The van der Waals surface area contributed by atoms with Crippen LogP contribution in [0.4, 0.5) is 0 Å². The van der Waals surface area contributed by atoms with Crippen LogP contribution in [0.1, 0.15) is 111 Å². The summed E-state index contributed by atoms with van der Waals surface area (Å²) in [4.78, 5) is 22.5. The Bertz CT molecular complexity index is 1030. The maximum absolute atomic E-state index is 11.3. The van der Waals surface area contributed by atoms with E-state index < -0.39 is 17.5 Å². The summed E-state index contributed by atoms with van der Waals surface area (Å²) in [5.74, 6) is -1.68. The number of hydrogen-bond acceptors (Lipinski definition) is 4. The van der Waals surface area contributed by atoms with Crippen molar-refractivity contribution in [2.45, 2.75) is 106 Å². The fourth-order valence-electron chi connectivity index (χ4n) is 4.03. The average Bonchev–Trinajstić information content (AvgIpc) is 2.64. The van der Waals surface area contributed by atoms with Crippen LogP contribution >= 0.6 is 0 Å². The van der Waals surface area contributed by atoms with Gasteiger partial charge in [-0.1, -0.05) is 89.2 Å². The van der Waals surface area contributed by atoms with Crippen molar-refractivity contribution < 1.29 is 30.0 Å². The highest BCUT2D eigenvalue weighted by Crippen LogP contribution is 2.45. The number of aromatic carboxylic acids is 1. The highest BCUT2D eigenvalue weighted by atomic mass is 16.4. The molecule has 0 bridgehead atoms. The van der Waals surface area contributed by atoms with Crippen molar-refractivity contribution in [2.24, 2.45) is 10.8 Å². The lowest BCUT2D eigenvalue weighted by Gasteiger charge is -2.43. The number of benzene rings is 1. The van der Waals surface area contributed by atoms with E-state index >= 15 is 0 Å². The molecular weight excluding hydrogens is 456 g/mol. The molecule has 0 amide bonds. The number of phenols is 1. The number of rotatable bonds is 2. The molecule has 36 heavy (non-hydrogen) atoms. The van der Waals surface area contributed by atoms with Crippen LogP contribution < -0.4 is 0 Å². The molecule has 0 aromatic heterocycles. The molecule has 1 aromatic rings. The molecule has 0 spiro atoms. The van der Waals surface area contributed by atoms with E-state index in [-0.39, 0.29) is 33.0 Å². The molecule has 0 saturated carbocycles. The summed E-state index contributed by atoms with van der Waals surface area (Å²) >= 11 is 0. The Kier molecular flexibility index (Phi) is 8.77. The van der Waals surface area contributed by atoms with Gasteiger partial charge in [-0.05, 0) is 45.4 Å². The van der Waals surface area contributed by atoms with E-state index in [2.05, 4.69) is 0 Å². The van der Waals surface area contributed by atoms with Crippen LogP contribution in [0.25, 0.3) is 0 Å². The summed E-state index contributed by atoms with van der Waals surface area (Å²) in [7, 11) is 0. The lowest BCUT2D eigenvalue weighted by atomic mass is 9.66. The summed E-state index contributed by atoms with van der Waals surface area (Å²) in [6.07, 6.45) is 3.56. The van der Waals surface area contributed by atoms with Crippen LogP contribution in [-0.4, -0.2) is 38.0 Å². The van der Waals surface area contributed by atoms with Crippen LogP contribution in [0.2, 0.25) is 0 Å². The monoisotopic (exact) mass is 502 g/mol. The van der Waals surface area contributed by atoms with Gasteiger partial charge in [0.2, 0.25) is 0 Å². The second-order valence-corrected chi connectivity index (χ2v) is 13.9. The summed E-state index contributed by atoms with van der Waals surface area (Å²) in [6, 6.07) is 3.12. The van der Waals surface area contributed by atoms with Gasteiger partial charge in [0, 0.05) is 17.5 Å². The Balaban J connectivity index is 0.000000360. The molecule has 1 atom stereocenters. The molecule has 0 saturated heterocycles. The minimum Gasteiger partial charge on any atom is -0.507 e. The molecule has 0 fully saturated rings. The van der Waals surface area contributed by atoms with Gasteiger partial charge in [0.1, 0.15) is 5.75 Å². The van der Waals surface area contributed by atoms with Crippen LogP contribution in [0.15, 0.2) is 35.4 Å². The second kappa shape index (κ2) is 10.0. The third-order valence-corrected chi connectivity index (χ3v) is 6.70. The topological polar surface area (TPSA) is 115 Å². The van der Waals surface area contributed by atoms with Crippen molar-refractivity contribution in [3.8, 4) is 5.75 Å². The summed E-state index contributed by atoms with van der Waals surface area (Å²) < 4.78 is 0. The van der Waals surface area contributed by atoms with E-state index in [1.807, 2.05) is 83.1 Å². The third-order valence-electron chi connectivity index (χ3n) is 6.70. The maximum Gasteiger partial charge on any atom is 0.335 e. The molecule has 1 aliphatic carbocycles.